The number of rotatable bonds is 13. The molecule has 8 nitrogen and oxygen atoms in total. The zero-order valence-electron chi connectivity index (χ0n) is 31.4. The lowest BCUT2D eigenvalue weighted by Crippen LogP contribution is -2.68. The molecular formula is C45H46O8SSi. The Morgan fingerprint density at radius 1 is 0.564 bits per heavy atom. The van der Waals surface area contributed by atoms with Crippen molar-refractivity contribution in [3.63, 3.8) is 0 Å². The highest BCUT2D eigenvalue weighted by Gasteiger charge is 2.55. The van der Waals surface area contributed by atoms with Crippen LogP contribution in [0.4, 0.5) is 0 Å². The molecule has 5 atom stereocenters. The van der Waals surface area contributed by atoms with E-state index >= 15 is 0 Å². The van der Waals surface area contributed by atoms with Crippen molar-refractivity contribution in [2.24, 2.45) is 0 Å². The number of carbonyl (C=O) groups excluding carboxylic acids is 3. The Bertz CT molecular complexity index is 1950. The maximum absolute atomic E-state index is 14.0. The fourth-order valence-corrected chi connectivity index (χ4v) is 12.5. The largest absolute Gasteiger partial charge is 0.452 e. The van der Waals surface area contributed by atoms with E-state index in [-0.39, 0.29) is 17.2 Å². The number of thioether (sulfide) groups is 1. The van der Waals surface area contributed by atoms with Gasteiger partial charge in [0.1, 0.15) is 11.5 Å². The molecule has 3 unspecified atom stereocenters. The number of hydrogen-bond donors (Lipinski definition) is 0. The summed E-state index contributed by atoms with van der Waals surface area (Å²) < 4.78 is 33.0. The number of carbonyl (C=O) groups is 3. The SMILES string of the molecule is CCS[C@@H]1OC(CO[Si](c2ccccc2)(c2ccccc2)C(C)(C)C)[C@@H](OC(=O)c2ccccc2)C(OC(=O)c2ccccc2)C1OC(=O)c1ccccc1. The second-order valence-electron chi connectivity index (χ2n) is 14.2. The van der Waals surface area contributed by atoms with Crippen LogP contribution in [0.5, 0.6) is 0 Å². The third-order valence-corrected chi connectivity index (χ3v) is 15.6. The van der Waals surface area contributed by atoms with E-state index in [4.69, 9.17) is 23.4 Å². The monoisotopic (exact) mass is 774 g/mol. The lowest BCUT2D eigenvalue weighted by molar-refractivity contribution is -0.205. The quantitative estimate of drug-likeness (QED) is 0.0677. The van der Waals surface area contributed by atoms with Gasteiger partial charge in [0.05, 0.1) is 23.3 Å². The van der Waals surface area contributed by atoms with E-state index in [9.17, 15) is 14.4 Å². The highest BCUT2D eigenvalue weighted by atomic mass is 32.2. The van der Waals surface area contributed by atoms with Crippen molar-refractivity contribution in [3.8, 4) is 0 Å². The van der Waals surface area contributed by atoms with E-state index in [1.807, 2.05) is 43.3 Å². The van der Waals surface area contributed by atoms with Gasteiger partial charge in [-0.1, -0.05) is 143 Å². The first-order chi connectivity index (χ1) is 26.6. The highest BCUT2D eigenvalue weighted by Crippen LogP contribution is 2.39. The van der Waals surface area contributed by atoms with Crippen LogP contribution < -0.4 is 10.4 Å². The van der Waals surface area contributed by atoms with E-state index in [1.54, 1.807) is 91.0 Å². The molecule has 1 aliphatic heterocycles. The van der Waals surface area contributed by atoms with Gasteiger partial charge in [-0.15, -0.1) is 11.8 Å². The number of ether oxygens (including phenoxy) is 4. The fourth-order valence-electron chi connectivity index (χ4n) is 6.98. The minimum Gasteiger partial charge on any atom is -0.452 e. The summed E-state index contributed by atoms with van der Waals surface area (Å²) >= 11 is 1.40. The van der Waals surface area contributed by atoms with E-state index in [1.165, 1.54) is 11.8 Å². The van der Waals surface area contributed by atoms with E-state index < -0.39 is 56.1 Å². The average molecular weight is 775 g/mol. The summed E-state index contributed by atoms with van der Waals surface area (Å²) in [7, 11) is -3.12. The zero-order valence-corrected chi connectivity index (χ0v) is 33.2. The maximum atomic E-state index is 14.0. The molecule has 284 valence electrons. The van der Waals surface area contributed by atoms with E-state index in [0.717, 1.165) is 10.4 Å². The summed E-state index contributed by atoms with van der Waals surface area (Å²) in [5, 5.41) is 1.75. The molecular weight excluding hydrogens is 729 g/mol. The molecule has 5 aromatic rings. The lowest BCUT2D eigenvalue weighted by Gasteiger charge is -2.47. The molecule has 10 heteroatoms. The topological polar surface area (TPSA) is 97.4 Å². The molecule has 0 aromatic heterocycles. The lowest BCUT2D eigenvalue weighted by atomic mass is 9.98. The van der Waals surface area contributed by atoms with Gasteiger partial charge in [-0.25, -0.2) is 14.4 Å². The van der Waals surface area contributed by atoms with Crippen LogP contribution in [0.3, 0.4) is 0 Å². The van der Waals surface area contributed by atoms with Crippen LogP contribution in [-0.4, -0.2) is 68.4 Å². The molecule has 0 bridgehead atoms. The predicted octanol–water partition coefficient (Wildman–Crippen LogP) is 7.72. The van der Waals surface area contributed by atoms with Crippen LogP contribution in [-0.2, 0) is 23.4 Å². The smallest absolute Gasteiger partial charge is 0.338 e. The van der Waals surface area contributed by atoms with Gasteiger partial charge in [-0.2, -0.15) is 0 Å². The molecule has 0 N–H and O–H groups in total. The van der Waals surface area contributed by atoms with Crippen LogP contribution in [0.15, 0.2) is 152 Å². The minimum atomic E-state index is -3.12. The maximum Gasteiger partial charge on any atom is 0.338 e. The first kappa shape index (κ1) is 39.7. The third-order valence-electron chi connectivity index (χ3n) is 9.56. The molecule has 0 aliphatic carbocycles. The summed E-state index contributed by atoms with van der Waals surface area (Å²) in [5.74, 6) is -1.37. The first-order valence-electron chi connectivity index (χ1n) is 18.4. The zero-order chi connectivity index (χ0) is 38.8. The third kappa shape index (κ3) is 9.11. The van der Waals surface area contributed by atoms with Crippen molar-refractivity contribution < 1.29 is 37.8 Å². The van der Waals surface area contributed by atoms with Crippen molar-refractivity contribution in [2.75, 3.05) is 12.4 Å². The Morgan fingerprint density at radius 2 is 0.927 bits per heavy atom. The number of hydrogen-bond acceptors (Lipinski definition) is 9. The normalized spacial score (nSPS) is 19.9. The Morgan fingerprint density at radius 3 is 1.31 bits per heavy atom. The van der Waals surface area contributed by atoms with Gasteiger partial charge in [0.25, 0.3) is 8.32 Å². The second-order valence-corrected chi connectivity index (χ2v) is 19.9. The van der Waals surface area contributed by atoms with Gasteiger partial charge in [0, 0.05) is 0 Å². The summed E-state index contributed by atoms with van der Waals surface area (Å²) in [6.07, 6.45) is -4.64. The molecule has 1 aliphatic rings. The van der Waals surface area contributed by atoms with Gasteiger partial charge in [-0.05, 0) is 57.6 Å². The minimum absolute atomic E-state index is 0.0282. The van der Waals surface area contributed by atoms with Crippen LogP contribution >= 0.6 is 11.8 Å². The molecule has 0 radical (unpaired) electrons. The second kappa shape index (κ2) is 18.1. The Balaban J connectivity index is 1.46. The molecule has 1 saturated heterocycles. The summed E-state index contributed by atoms with van der Waals surface area (Å²) in [5.41, 5.74) is 0.0803. The summed E-state index contributed by atoms with van der Waals surface area (Å²) in [6.45, 7) is 8.46. The summed E-state index contributed by atoms with van der Waals surface area (Å²) in [6, 6.07) is 46.1. The van der Waals surface area contributed by atoms with Crippen molar-refractivity contribution in [3.05, 3.63) is 168 Å². The van der Waals surface area contributed by atoms with Crippen LogP contribution in [0.2, 0.25) is 5.04 Å². The predicted molar refractivity (Wildman–Crippen MR) is 217 cm³/mol. The van der Waals surface area contributed by atoms with Crippen molar-refractivity contribution >= 4 is 48.4 Å². The van der Waals surface area contributed by atoms with Gasteiger partial charge >= 0.3 is 17.9 Å². The number of esters is 3. The van der Waals surface area contributed by atoms with Crippen LogP contribution in [0.25, 0.3) is 0 Å². The van der Waals surface area contributed by atoms with Crippen LogP contribution in [0, 0.1) is 0 Å². The van der Waals surface area contributed by atoms with Crippen LogP contribution in [0.1, 0.15) is 58.8 Å². The Labute approximate surface area is 328 Å². The fraction of sp³-hybridized carbons (Fsp3) is 0.267. The van der Waals surface area contributed by atoms with Gasteiger partial charge in [0.15, 0.2) is 18.3 Å². The van der Waals surface area contributed by atoms with E-state index in [2.05, 4.69) is 45.0 Å². The Kier molecular flexibility index (Phi) is 13.1. The first-order valence-corrected chi connectivity index (χ1v) is 21.4. The molecule has 55 heavy (non-hydrogen) atoms. The molecule has 0 amide bonds. The molecule has 1 fully saturated rings. The standard InChI is InChI=1S/C45H46O8SSi/c1-5-54-44-40(53-43(48)34-25-15-8-16-26-34)39(52-42(47)33-23-13-7-14-24-33)38(51-41(46)32-21-11-6-12-22-32)37(50-44)31-49-55(45(2,3)4,35-27-17-9-18-28-35)36-29-19-10-20-30-36/h6-30,37-40,44H,5,31H2,1-4H3/t37?,38-,39?,40?,44+/m1/s1. The molecule has 1 heterocycles. The van der Waals surface area contributed by atoms with Gasteiger partial charge < -0.3 is 23.4 Å². The van der Waals surface area contributed by atoms with Crippen molar-refractivity contribution in [2.45, 2.75) is 62.6 Å². The van der Waals surface area contributed by atoms with E-state index in [0.29, 0.717) is 16.9 Å². The molecule has 6 rings (SSSR count). The summed E-state index contributed by atoms with van der Waals surface area (Å²) in [4.78, 5) is 41.6. The number of benzene rings is 5. The van der Waals surface area contributed by atoms with Crippen molar-refractivity contribution in [1.29, 1.82) is 0 Å². The van der Waals surface area contributed by atoms with Crippen molar-refractivity contribution in [1.82, 2.24) is 0 Å². The Hall–Kier alpha value is -5.00. The van der Waals surface area contributed by atoms with Gasteiger partial charge in [0.2, 0.25) is 0 Å². The van der Waals surface area contributed by atoms with Gasteiger partial charge in [-0.3, -0.25) is 0 Å². The molecule has 5 aromatic carbocycles. The average Bonchev–Trinajstić information content (AvgIpc) is 3.21. The molecule has 0 saturated carbocycles. The highest BCUT2D eigenvalue weighted by molar-refractivity contribution is 7.99. The molecule has 0 spiro atoms.